The smallest absolute Gasteiger partial charge is 0.132 e. The summed E-state index contributed by atoms with van der Waals surface area (Å²) >= 11 is 1.89. The maximum absolute atomic E-state index is 6.64. The van der Waals surface area contributed by atoms with Crippen molar-refractivity contribution in [1.82, 2.24) is 0 Å². The van der Waals surface area contributed by atoms with Crippen LogP contribution in [-0.2, 0) is 11.8 Å². The Kier molecular flexibility index (Phi) is 8.50. The van der Waals surface area contributed by atoms with Crippen molar-refractivity contribution in [2.24, 2.45) is 0 Å². The van der Waals surface area contributed by atoms with Gasteiger partial charge in [0.1, 0.15) is 11.5 Å². The van der Waals surface area contributed by atoms with Crippen LogP contribution in [0.25, 0.3) is 31.3 Å². The van der Waals surface area contributed by atoms with Crippen molar-refractivity contribution in [1.29, 1.82) is 0 Å². The fourth-order valence-electron chi connectivity index (χ4n) is 10.4. The number of fused-ring (bicyclic) bond motifs is 12. The van der Waals surface area contributed by atoms with Crippen LogP contribution in [0.15, 0.2) is 218 Å². The molecule has 10 aromatic rings. The van der Waals surface area contributed by atoms with Crippen molar-refractivity contribution in [3.8, 4) is 22.6 Å². The highest BCUT2D eigenvalue weighted by molar-refractivity contribution is 7.25. The molecule has 1 aliphatic heterocycles. The van der Waals surface area contributed by atoms with Crippen molar-refractivity contribution in [3.63, 3.8) is 0 Å². The van der Waals surface area contributed by atoms with E-state index in [1.807, 2.05) is 11.3 Å². The zero-order chi connectivity index (χ0) is 40.3. The summed E-state index contributed by atoms with van der Waals surface area (Å²) in [5, 5.41) is 2.62. The Labute approximate surface area is 360 Å². The molecule has 9 aromatic carbocycles. The highest BCUT2D eigenvalue weighted by atomic mass is 32.1. The highest BCUT2D eigenvalue weighted by Gasteiger charge is 2.51. The van der Waals surface area contributed by atoms with Crippen molar-refractivity contribution >= 4 is 48.6 Å². The van der Waals surface area contributed by atoms with Gasteiger partial charge in [0.2, 0.25) is 0 Å². The molecule has 61 heavy (non-hydrogen) atoms. The lowest BCUT2D eigenvalue weighted by Gasteiger charge is -2.39. The molecule has 3 heteroatoms. The lowest BCUT2D eigenvalue weighted by atomic mass is 9.66. The summed E-state index contributed by atoms with van der Waals surface area (Å²) < 4.78 is 9.23. The predicted molar refractivity (Wildman–Crippen MR) is 254 cm³/mol. The monoisotopic (exact) mass is 799 g/mol. The Balaban J connectivity index is 1.02. The third-order valence-corrected chi connectivity index (χ3v) is 14.1. The van der Waals surface area contributed by atoms with Crippen molar-refractivity contribution in [3.05, 3.63) is 257 Å². The second kappa shape index (κ2) is 14.5. The summed E-state index contributed by atoms with van der Waals surface area (Å²) in [5.74, 6) is 2.10. The Morgan fingerprint density at radius 1 is 0.459 bits per heavy atom. The fraction of sp³-hybridized carbons (Fsp3) is 0.0690. The van der Waals surface area contributed by atoms with Crippen LogP contribution >= 0.6 is 11.3 Å². The van der Waals surface area contributed by atoms with E-state index in [2.05, 4.69) is 223 Å². The summed E-state index contributed by atoms with van der Waals surface area (Å²) in [6, 6.07) is 80.2. The van der Waals surface area contributed by atoms with E-state index >= 15 is 0 Å². The van der Waals surface area contributed by atoms with Crippen molar-refractivity contribution < 1.29 is 4.74 Å². The minimum Gasteiger partial charge on any atom is -0.457 e. The minimum absolute atomic E-state index is 0.301. The first-order valence-electron chi connectivity index (χ1n) is 21.3. The Hall–Kier alpha value is -7.20. The molecule has 1 aliphatic carbocycles. The van der Waals surface area contributed by atoms with Gasteiger partial charge in [0.05, 0.1) is 11.1 Å². The standard InChI is InChI=1S/C58H41NOS/c1-4-17-39(18-5-1)31-34-44(40-19-6-2-7-20-40)41-32-36-55-47(37-41)45-35-33-43(38-56(45)61-55)59(42-21-8-3-9-22-42)52-28-16-27-51-57(52)46-23-10-11-24-48(46)58(51)49-25-12-14-29-53(49)60-54-30-15-13-26-50(54)58/h1-30,32-33,35-38,44H,31,34H2/t44-/m0/s1. The van der Waals surface area contributed by atoms with Crippen molar-refractivity contribution in [2.75, 3.05) is 4.90 Å². The normalized spacial score (nSPS) is 13.6. The molecule has 0 amide bonds. The molecule has 2 nitrogen and oxygen atoms in total. The van der Waals surface area contributed by atoms with E-state index in [0.29, 0.717) is 5.92 Å². The average molecular weight is 800 g/mol. The number of benzene rings is 9. The maximum atomic E-state index is 6.64. The molecule has 0 saturated heterocycles. The molecule has 1 spiro atoms. The van der Waals surface area contributed by atoms with E-state index in [1.54, 1.807) is 0 Å². The summed E-state index contributed by atoms with van der Waals surface area (Å²) in [6.07, 6.45) is 2.08. The molecule has 1 atom stereocenters. The predicted octanol–water partition coefficient (Wildman–Crippen LogP) is 15.8. The number of aryl methyl sites for hydroxylation is 1. The molecule has 0 saturated carbocycles. The SMILES string of the molecule is c1ccc(CC[C@@H](c2ccccc2)c2ccc3sc4cc(N(c5ccccc5)c5cccc6c5-c5ccccc5C65c6ccccc6Oc6ccccc65)ccc4c3c2)cc1. The first-order valence-corrected chi connectivity index (χ1v) is 22.1. The van der Waals surface area contributed by atoms with Crippen LogP contribution < -0.4 is 9.64 Å². The lowest BCUT2D eigenvalue weighted by molar-refractivity contribution is 0.436. The molecule has 290 valence electrons. The average Bonchev–Trinajstić information content (AvgIpc) is 3.84. The Bertz CT molecular complexity index is 3200. The molecular weight excluding hydrogens is 759 g/mol. The molecule has 12 rings (SSSR count). The third kappa shape index (κ3) is 5.69. The maximum Gasteiger partial charge on any atom is 0.132 e. The molecule has 0 fully saturated rings. The van der Waals surface area contributed by atoms with Gasteiger partial charge in [0.15, 0.2) is 0 Å². The topological polar surface area (TPSA) is 12.5 Å². The van der Waals surface area contributed by atoms with Gasteiger partial charge < -0.3 is 9.64 Å². The molecule has 0 bridgehead atoms. The Morgan fingerprint density at radius 2 is 1.10 bits per heavy atom. The number of ether oxygens (including phenoxy) is 1. The minimum atomic E-state index is -0.540. The van der Waals surface area contributed by atoms with Gasteiger partial charge in [-0.05, 0) is 101 Å². The largest absolute Gasteiger partial charge is 0.457 e. The first kappa shape index (κ1) is 35.7. The first-order chi connectivity index (χ1) is 30.3. The summed E-state index contributed by atoms with van der Waals surface area (Å²) in [4.78, 5) is 2.47. The van der Waals surface area contributed by atoms with Gasteiger partial charge in [-0.25, -0.2) is 0 Å². The summed E-state index contributed by atoms with van der Waals surface area (Å²) in [7, 11) is 0. The summed E-state index contributed by atoms with van der Waals surface area (Å²) in [6.45, 7) is 0. The van der Waals surface area contributed by atoms with Crippen LogP contribution in [0, 0.1) is 0 Å². The van der Waals surface area contributed by atoms with Gasteiger partial charge >= 0.3 is 0 Å². The molecule has 0 radical (unpaired) electrons. The molecule has 0 N–H and O–H groups in total. The van der Waals surface area contributed by atoms with Crippen LogP contribution in [0.4, 0.5) is 17.1 Å². The zero-order valence-electron chi connectivity index (χ0n) is 33.5. The molecule has 2 heterocycles. The van der Waals surface area contributed by atoms with Gasteiger partial charge in [-0.1, -0.05) is 164 Å². The lowest BCUT2D eigenvalue weighted by Crippen LogP contribution is -2.32. The van der Waals surface area contributed by atoms with Crippen LogP contribution in [-0.4, -0.2) is 0 Å². The van der Waals surface area contributed by atoms with E-state index in [1.165, 1.54) is 70.2 Å². The molecule has 0 unspecified atom stereocenters. The van der Waals surface area contributed by atoms with E-state index < -0.39 is 5.41 Å². The number of hydrogen-bond donors (Lipinski definition) is 0. The highest BCUT2D eigenvalue weighted by Crippen LogP contribution is 2.64. The molecular formula is C58H41NOS. The van der Waals surface area contributed by atoms with Gasteiger partial charge in [-0.3, -0.25) is 0 Å². The van der Waals surface area contributed by atoms with E-state index in [4.69, 9.17) is 4.74 Å². The van der Waals surface area contributed by atoms with Crippen LogP contribution in [0.3, 0.4) is 0 Å². The van der Waals surface area contributed by atoms with Gasteiger partial charge in [-0.15, -0.1) is 11.3 Å². The zero-order valence-corrected chi connectivity index (χ0v) is 34.4. The second-order valence-corrected chi connectivity index (χ2v) is 17.4. The number of nitrogens with zero attached hydrogens (tertiary/aromatic N) is 1. The number of rotatable bonds is 8. The van der Waals surface area contributed by atoms with E-state index in [0.717, 1.165) is 41.4 Å². The van der Waals surface area contributed by atoms with Crippen LogP contribution in [0.1, 0.15) is 51.3 Å². The van der Waals surface area contributed by atoms with E-state index in [-0.39, 0.29) is 0 Å². The molecule has 1 aromatic heterocycles. The number of thiophene rings is 1. The number of hydrogen-bond acceptors (Lipinski definition) is 3. The fourth-order valence-corrected chi connectivity index (χ4v) is 11.5. The second-order valence-electron chi connectivity index (χ2n) is 16.3. The van der Waals surface area contributed by atoms with Crippen molar-refractivity contribution in [2.45, 2.75) is 24.2 Å². The van der Waals surface area contributed by atoms with Crippen LogP contribution in [0.2, 0.25) is 0 Å². The summed E-state index contributed by atoms with van der Waals surface area (Å²) in [5.41, 5.74) is 14.4. The third-order valence-electron chi connectivity index (χ3n) is 13.0. The van der Waals surface area contributed by atoms with Gasteiger partial charge in [-0.2, -0.15) is 0 Å². The van der Waals surface area contributed by atoms with E-state index in [9.17, 15) is 0 Å². The number of anilines is 3. The number of para-hydroxylation sites is 3. The van der Waals surface area contributed by atoms with Crippen LogP contribution in [0.5, 0.6) is 11.5 Å². The molecule has 2 aliphatic rings. The quantitative estimate of drug-likeness (QED) is 0.152. The van der Waals surface area contributed by atoms with Gasteiger partial charge in [0, 0.05) is 54.2 Å². The van der Waals surface area contributed by atoms with Gasteiger partial charge in [0.25, 0.3) is 0 Å². The Morgan fingerprint density at radius 3 is 1.85 bits per heavy atom.